The molecule has 0 aromatic heterocycles. The number of anilines is 2. The number of nitrogens with two attached hydrogens (primary N) is 1. The first-order valence-electron chi connectivity index (χ1n) is 6.83. The minimum absolute atomic E-state index is 0.149. The van der Waals surface area contributed by atoms with Gasteiger partial charge in [-0.05, 0) is 52.7 Å². The lowest BCUT2D eigenvalue weighted by atomic mass is 10.2. The number of rotatable bonds is 3. The monoisotopic (exact) mass is 248 g/mol. The average Bonchev–Trinajstić information content (AvgIpc) is 2.62. The molecule has 18 heavy (non-hydrogen) atoms. The summed E-state index contributed by atoms with van der Waals surface area (Å²) in [6.45, 7) is 8.60. The molecule has 1 aromatic carbocycles. The van der Waals surface area contributed by atoms with Crippen LogP contribution in [-0.2, 0) is 0 Å². The Hall–Kier alpha value is -1.38. The third kappa shape index (κ3) is 2.55. The van der Waals surface area contributed by atoms with Gasteiger partial charge in [-0.3, -0.25) is 0 Å². The van der Waals surface area contributed by atoms with Crippen LogP contribution in [-0.4, -0.2) is 18.2 Å². The van der Waals surface area contributed by atoms with Gasteiger partial charge in [0.1, 0.15) is 5.75 Å². The molecule has 1 aliphatic heterocycles. The van der Waals surface area contributed by atoms with E-state index in [1.807, 2.05) is 19.9 Å². The van der Waals surface area contributed by atoms with E-state index in [1.165, 1.54) is 18.5 Å². The number of nitrogens with zero attached hydrogens (tertiary/aromatic N) is 1. The van der Waals surface area contributed by atoms with E-state index in [-0.39, 0.29) is 6.10 Å². The average molecular weight is 248 g/mol. The van der Waals surface area contributed by atoms with Crippen molar-refractivity contribution >= 4 is 11.4 Å². The number of hydrogen-bond donors (Lipinski definition) is 1. The molecule has 1 saturated heterocycles. The molecule has 2 rings (SSSR count). The number of nitrogen functional groups attached to an aromatic ring is 1. The molecular weight excluding hydrogens is 224 g/mol. The second-order valence-electron chi connectivity index (χ2n) is 5.57. The summed E-state index contributed by atoms with van der Waals surface area (Å²) in [7, 11) is 0. The van der Waals surface area contributed by atoms with Gasteiger partial charge in [-0.1, -0.05) is 0 Å². The summed E-state index contributed by atoms with van der Waals surface area (Å²) in [6, 6.07) is 7.31. The van der Waals surface area contributed by atoms with E-state index in [0.29, 0.717) is 17.8 Å². The van der Waals surface area contributed by atoms with Crippen molar-refractivity contribution in [2.45, 2.75) is 58.7 Å². The highest BCUT2D eigenvalue weighted by atomic mass is 16.5. The Morgan fingerprint density at radius 1 is 1.22 bits per heavy atom. The second-order valence-corrected chi connectivity index (χ2v) is 5.57. The molecule has 1 heterocycles. The van der Waals surface area contributed by atoms with Gasteiger partial charge in [0, 0.05) is 23.8 Å². The van der Waals surface area contributed by atoms with Crippen LogP contribution < -0.4 is 15.4 Å². The summed E-state index contributed by atoms with van der Waals surface area (Å²) in [5.74, 6) is 0.800. The largest absolute Gasteiger partial charge is 0.489 e. The van der Waals surface area contributed by atoms with Crippen LogP contribution in [0, 0.1) is 0 Å². The van der Waals surface area contributed by atoms with Crippen LogP contribution in [0.1, 0.15) is 40.5 Å². The quantitative estimate of drug-likeness (QED) is 0.833. The molecule has 3 nitrogen and oxygen atoms in total. The second kappa shape index (κ2) is 5.09. The first kappa shape index (κ1) is 13.1. The Morgan fingerprint density at radius 3 is 2.39 bits per heavy atom. The fourth-order valence-electron chi connectivity index (χ4n) is 2.74. The fourth-order valence-corrected chi connectivity index (χ4v) is 2.74. The first-order chi connectivity index (χ1) is 8.49. The van der Waals surface area contributed by atoms with Crippen molar-refractivity contribution in [3.63, 3.8) is 0 Å². The van der Waals surface area contributed by atoms with Crippen LogP contribution in [0.4, 0.5) is 11.4 Å². The Kier molecular flexibility index (Phi) is 3.69. The summed E-state index contributed by atoms with van der Waals surface area (Å²) in [5.41, 5.74) is 7.90. The Labute approximate surface area is 110 Å². The normalized spacial score (nSPS) is 23.7. The third-order valence-electron chi connectivity index (χ3n) is 3.61. The molecule has 2 atom stereocenters. The highest BCUT2D eigenvalue weighted by molar-refractivity contribution is 5.63. The number of ether oxygens (including phenoxy) is 1. The van der Waals surface area contributed by atoms with Gasteiger partial charge in [0.15, 0.2) is 0 Å². The fraction of sp³-hybridized carbons (Fsp3) is 0.600. The molecule has 1 aromatic rings. The zero-order valence-electron chi connectivity index (χ0n) is 11.8. The van der Waals surface area contributed by atoms with Crippen LogP contribution in [0.2, 0.25) is 0 Å². The van der Waals surface area contributed by atoms with Crippen molar-refractivity contribution in [3.8, 4) is 5.75 Å². The Balaban J connectivity index is 2.28. The van der Waals surface area contributed by atoms with E-state index < -0.39 is 0 Å². The van der Waals surface area contributed by atoms with E-state index in [9.17, 15) is 0 Å². The molecule has 1 aliphatic rings. The van der Waals surface area contributed by atoms with E-state index in [0.717, 1.165) is 5.75 Å². The lowest BCUT2D eigenvalue weighted by Gasteiger charge is -2.29. The number of benzene rings is 1. The van der Waals surface area contributed by atoms with Crippen LogP contribution in [0.5, 0.6) is 5.75 Å². The van der Waals surface area contributed by atoms with E-state index in [4.69, 9.17) is 10.5 Å². The molecule has 0 aliphatic carbocycles. The maximum atomic E-state index is 5.96. The van der Waals surface area contributed by atoms with E-state index in [2.05, 4.69) is 30.9 Å². The molecule has 100 valence electrons. The standard InChI is InChI=1S/C15H24N2O/c1-10(2)18-15-9-13(7-8-14(15)16)17-11(3)5-6-12(17)4/h7-12H,5-6,16H2,1-4H3. The van der Waals surface area contributed by atoms with Gasteiger partial charge < -0.3 is 15.4 Å². The van der Waals surface area contributed by atoms with Crippen molar-refractivity contribution in [2.24, 2.45) is 0 Å². The minimum Gasteiger partial charge on any atom is -0.489 e. The summed E-state index contributed by atoms with van der Waals surface area (Å²) in [6.07, 6.45) is 2.66. The lowest BCUT2D eigenvalue weighted by Crippen LogP contribution is -2.32. The van der Waals surface area contributed by atoms with Gasteiger partial charge in [0.05, 0.1) is 11.8 Å². The summed E-state index contributed by atoms with van der Waals surface area (Å²) in [4.78, 5) is 2.46. The van der Waals surface area contributed by atoms with Gasteiger partial charge in [-0.25, -0.2) is 0 Å². The van der Waals surface area contributed by atoms with Crippen LogP contribution in [0.25, 0.3) is 0 Å². The van der Waals surface area contributed by atoms with Crippen LogP contribution in [0.3, 0.4) is 0 Å². The lowest BCUT2D eigenvalue weighted by molar-refractivity contribution is 0.244. The maximum absolute atomic E-state index is 5.96. The zero-order chi connectivity index (χ0) is 13.3. The highest BCUT2D eigenvalue weighted by Crippen LogP contribution is 2.34. The van der Waals surface area contributed by atoms with Gasteiger partial charge in [-0.2, -0.15) is 0 Å². The van der Waals surface area contributed by atoms with Crippen molar-refractivity contribution in [2.75, 3.05) is 10.6 Å². The molecule has 0 spiro atoms. The van der Waals surface area contributed by atoms with Crippen molar-refractivity contribution in [1.82, 2.24) is 0 Å². The van der Waals surface area contributed by atoms with Crippen LogP contribution >= 0.6 is 0 Å². The van der Waals surface area contributed by atoms with Gasteiger partial charge in [0.25, 0.3) is 0 Å². The molecule has 3 heteroatoms. The number of hydrogen-bond acceptors (Lipinski definition) is 3. The summed E-state index contributed by atoms with van der Waals surface area (Å²) < 4.78 is 5.76. The van der Waals surface area contributed by atoms with Crippen molar-refractivity contribution < 1.29 is 4.74 Å². The Bertz CT molecular complexity index is 407. The third-order valence-corrected chi connectivity index (χ3v) is 3.61. The molecule has 0 radical (unpaired) electrons. The molecule has 0 bridgehead atoms. The van der Waals surface area contributed by atoms with Crippen molar-refractivity contribution in [3.05, 3.63) is 18.2 Å². The molecule has 2 N–H and O–H groups in total. The minimum atomic E-state index is 0.149. The van der Waals surface area contributed by atoms with E-state index in [1.54, 1.807) is 0 Å². The predicted molar refractivity (Wildman–Crippen MR) is 77.3 cm³/mol. The topological polar surface area (TPSA) is 38.5 Å². The zero-order valence-corrected chi connectivity index (χ0v) is 11.8. The molecule has 1 fully saturated rings. The molecule has 0 saturated carbocycles. The van der Waals surface area contributed by atoms with Crippen LogP contribution in [0.15, 0.2) is 18.2 Å². The molecule has 2 unspecified atom stereocenters. The first-order valence-corrected chi connectivity index (χ1v) is 6.83. The molecule has 0 amide bonds. The van der Waals surface area contributed by atoms with Gasteiger partial charge in [-0.15, -0.1) is 0 Å². The highest BCUT2D eigenvalue weighted by Gasteiger charge is 2.27. The maximum Gasteiger partial charge on any atom is 0.144 e. The predicted octanol–water partition coefficient (Wildman–Crippen LogP) is 3.43. The Morgan fingerprint density at radius 2 is 1.83 bits per heavy atom. The van der Waals surface area contributed by atoms with Gasteiger partial charge in [0.2, 0.25) is 0 Å². The summed E-state index contributed by atoms with van der Waals surface area (Å²) >= 11 is 0. The SMILES string of the molecule is CC(C)Oc1cc(N2C(C)CCC2C)ccc1N. The van der Waals surface area contributed by atoms with E-state index >= 15 is 0 Å². The summed E-state index contributed by atoms with van der Waals surface area (Å²) in [5, 5.41) is 0. The van der Waals surface area contributed by atoms with Crippen molar-refractivity contribution in [1.29, 1.82) is 0 Å². The van der Waals surface area contributed by atoms with Gasteiger partial charge >= 0.3 is 0 Å². The smallest absolute Gasteiger partial charge is 0.144 e. The molecular formula is C15H24N2O.